The van der Waals surface area contributed by atoms with E-state index in [9.17, 15) is 27.2 Å². The Morgan fingerprint density at radius 1 is 1.24 bits per heavy atom. The number of amides is 2. The molecule has 2 heterocycles. The molecule has 0 aliphatic carbocycles. The highest BCUT2D eigenvalue weighted by Gasteiger charge is 2.31. The summed E-state index contributed by atoms with van der Waals surface area (Å²) >= 11 is 1.06. The van der Waals surface area contributed by atoms with E-state index in [0.29, 0.717) is 10.6 Å². The Morgan fingerprint density at radius 2 is 2.03 bits per heavy atom. The number of anilines is 1. The Balaban J connectivity index is 1.46. The van der Waals surface area contributed by atoms with Gasteiger partial charge in [-0.05, 0) is 24.1 Å². The third kappa shape index (κ3) is 7.75. The van der Waals surface area contributed by atoms with Crippen molar-refractivity contribution in [3.63, 3.8) is 0 Å². The summed E-state index contributed by atoms with van der Waals surface area (Å²) in [4.78, 5) is 23.6. The number of halogens is 4. The third-order valence-electron chi connectivity index (χ3n) is 4.26. The quantitative estimate of drug-likeness (QED) is 0.409. The molecule has 0 radical (unpaired) electrons. The molecule has 0 fully saturated rings. The Labute approximate surface area is 194 Å². The Bertz CT molecular complexity index is 1140. The van der Waals surface area contributed by atoms with Gasteiger partial charge in [-0.3, -0.25) is 9.59 Å². The van der Waals surface area contributed by atoms with Crippen LogP contribution in [0.25, 0.3) is 0 Å². The Morgan fingerprint density at radius 3 is 2.76 bits per heavy atom. The van der Waals surface area contributed by atoms with E-state index in [1.807, 2.05) is 0 Å². The first kappa shape index (κ1) is 25.0. The fourth-order valence-electron chi connectivity index (χ4n) is 2.80. The van der Waals surface area contributed by atoms with Crippen molar-refractivity contribution < 1.29 is 31.9 Å². The number of rotatable bonds is 10. The minimum absolute atomic E-state index is 0.0822. The average molecular weight is 501 g/mol. The maximum Gasteiger partial charge on any atom is 0.573 e. The second kappa shape index (κ2) is 11.0. The molecule has 2 aromatic heterocycles. The van der Waals surface area contributed by atoms with Crippen molar-refractivity contribution in [2.75, 3.05) is 12.4 Å². The minimum atomic E-state index is -4.83. The monoisotopic (exact) mass is 501 g/mol. The van der Waals surface area contributed by atoms with Crippen LogP contribution in [0.1, 0.15) is 27.5 Å². The first-order valence-corrected chi connectivity index (χ1v) is 10.7. The van der Waals surface area contributed by atoms with Crippen molar-refractivity contribution in [2.45, 2.75) is 38.3 Å². The number of hydrogen-bond donors (Lipinski definition) is 2. The zero-order valence-corrected chi connectivity index (χ0v) is 18.5. The van der Waals surface area contributed by atoms with Crippen LogP contribution in [0.3, 0.4) is 0 Å². The summed E-state index contributed by atoms with van der Waals surface area (Å²) in [5.74, 6) is -1.35. The van der Waals surface area contributed by atoms with Gasteiger partial charge in [0.05, 0.1) is 19.2 Å². The van der Waals surface area contributed by atoms with Crippen LogP contribution in [0.2, 0.25) is 0 Å². The Kier molecular flexibility index (Phi) is 8.09. The van der Waals surface area contributed by atoms with Gasteiger partial charge in [0.1, 0.15) is 16.9 Å². The highest BCUT2D eigenvalue weighted by molar-refractivity contribution is 7.15. The molecular formula is C19H19F4N7O3S. The topological polar surface area (TPSA) is 124 Å². The summed E-state index contributed by atoms with van der Waals surface area (Å²) in [6.07, 6.45) is -4.62. The van der Waals surface area contributed by atoms with Crippen molar-refractivity contribution in [3.05, 3.63) is 46.7 Å². The van der Waals surface area contributed by atoms with Crippen molar-refractivity contribution in [2.24, 2.45) is 0 Å². The molecule has 34 heavy (non-hydrogen) atoms. The van der Waals surface area contributed by atoms with Crippen molar-refractivity contribution >= 4 is 28.3 Å². The zero-order valence-electron chi connectivity index (χ0n) is 17.7. The molecule has 3 rings (SSSR count). The fraction of sp³-hybridized carbons (Fsp3) is 0.368. The number of alkyl halides is 4. The van der Waals surface area contributed by atoms with E-state index in [-0.39, 0.29) is 36.6 Å². The van der Waals surface area contributed by atoms with Crippen molar-refractivity contribution in [1.29, 1.82) is 0 Å². The second-order valence-corrected chi connectivity index (χ2v) is 8.02. The van der Waals surface area contributed by atoms with E-state index >= 15 is 0 Å². The van der Waals surface area contributed by atoms with Gasteiger partial charge in [0.2, 0.25) is 11.0 Å². The largest absolute Gasteiger partial charge is 0.573 e. The van der Waals surface area contributed by atoms with Crippen LogP contribution in [-0.4, -0.2) is 56.6 Å². The molecule has 0 bridgehead atoms. The van der Waals surface area contributed by atoms with E-state index < -0.39 is 30.1 Å². The van der Waals surface area contributed by atoms with Crippen molar-refractivity contribution in [1.82, 2.24) is 30.5 Å². The summed E-state index contributed by atoms with van der Waals surface area (Å²) < 4.78 is 56.3. The van der Waals surface area contributed by atoms with Crippen LogP contribution in [0, 0.1) is 0 Å². The predicted molar refractivity (Wildman–Crippen MR) is 112 cm³/mol. The predicted octanol–water partition coefficient (Wildman–Crippen LogP) is 2.54. The fourth-order valence-corrected chi connectivity index (χ4v) is 3.57. The van der Waals surface area contributed by atoms with Gasteiger partial charge in [-0.1, -0.05) is 28.7 Å². The van der Waals surface area contributed by atoms with E-state index in [2.05, 4.69) is 35.9 Å². The highest BCUT2D eigenvalue weighted by atomic mass is 32.1. The van der Waals surface area contributed by atoms with Crippen LogP contribution in [0.15, 0.2) is 30.5 Å². The molecule has 1 aromatic carbocycles. The number of carbonyl (C=O) groups excluding carboxylic acids is 2. The lowest BCUT2D eigenvalue weighted by Crippen LogP contribution is -2.18. The highest BCUT2D eigenvalue weighted by Crippen LogP contribution is 2.24. The molecule has 15 heteroatoms. The number of ether oxygens (including phenoxy) is 1. The molecule has 0 spiro atoms. The summed E-state index contributed by atoms with van der Waals surface area (Å²) in [5, 5.41) is 20.7. The molecule has 182 valence electrons. The molecule has 2 amide bonds. The first-order valence-electron chi connectivity index (χ1n) is 9.84. The van der Waals surface area contributed by atoms with Gasteiger partial charge in [0.15, 0.2) is 5.69 Å². The molecule has 0 aliphatic rings. The van der Waals surface area contributed by atoms with E-state index in [4.69, 9.17) is 0 Å². The molecule has 10 nitrogen and oxygen atoms in total. The maximum atomic E-state index is 14.3. The maximum absolute atomic E-state index is 14.3. The third-order valence-corrected chi connectivity index (χ3v) is 5.16. The SMILES string of the molecule is CNC(=O)c1cn(C[C@H](F)CCc2nnc(NC(=O)Cc3cccc(OC(F)(F)F)c3)s2)nn1. The lowest BCUT2D eigenvalue weighted by molar-refractivity contribution is -0.274. The molecule has 0 unspecified atom stereocenters. The van der Waals surface area contributed by atoms with Crippen LogP contribution < -0.4 is 15.4 Å². The van der Waals surface area contributed by atoms with Crippen LogP contribution >= 0.6 is 11.3 Å². The molecule has 0 saturated carbocycles. The number of nitrogens with one attached hydrogen (secondary N) is 2. The van der Waals surface area contributed by atoms with Crippen LogP contribution in [-0.2, 0) is 24.2 Å². The lowest BCUT2D eigenvalue weighted by atomic mass is 10.1. The van der Waals surface area contributed by atoms with Gasteiger partial charge >= 0.3 is 6.36 Å². The molecule has 2 N–H and O–H groups in total. The van der Waals surface area contributed by atoms with E-state index in [0.717, 1.165) is 23.5 Å². The minimum Gasteiger partial charge on any atom is -0.406 e. The van der Waals surface area contributed by atoms with E-state index in [1.165, 1.54) is 30.1 Å². The molecular weight excluding hydrogens is 482 g/mol. The van der Waals surface area contributed by atoms with Gasteiger partial charge in [0.25, 0.3) is 5.91 Å². The summed E-state index contributed by atoms with van der Waals surface area (Å²) in [5.41, 5.74) is 0.399. The summed E-state index contributed by atoms with van der Waals surface area (Å²) in [6, 6.07) is 5.09. The van der Waals surface area contributed by atoms with Gasteiger partial charge in [0, 0.05) is 13.5 Å². The second-order valence-electron chi connectivity index (χ2n) is 6.96. The number of aromatic nitrogens is 5. The molecule has 0 saturated heterocycles. The standard InChI is InChI=1S/C19H19F4N7O3S/c1-24-17(32)14-10-30(29-26-14)9-12(20)5-6-16-27-28-18(34-16)25-15(31)8-11-3-2-4-13(7-11)33-19(21,22)23/h2-4,7,10,12H,5-6,8-9H2,1H3,(H,24,32)(H,25,28,31)/t12-/m1/s1. The number of carbonyl (C=O) groups is 2. The van der Waals surface area contributed by atoms with Gasteiger partial charge in [-0.2, -0.15) is 0 Å². The summed E-state index contributed by atoms with van der Waals surface area (Å²) in [7, 11) is 1.45. The zero-order chi connectivity index (χ0) is 24.7. The Hall–Kier alpha value is -3.62. The van der Waals surface area contributed by atoms with Crippen LogP contribution in [0.5, 0.6) is 5.75 Å². The molecule has 0 aliphatic heterocycles. The smallest absolute Gasteiger partial charge is 0.406 e. The van der Waals surface area contributed by atoms with Crippen LogP contribution in [0.4, 0.5) is 22.7 Å². The summed E-state index contributed by atoms with van der Waals surface area (Å²) in [6.45, 7) is -0.0937. The lowest BCUT2D eigenvalue weighted by Gasteiger charge is -2.09. The van der Waals surface area contributed by atoms with Crippen molar-refractivity contribution in [3.8, 4) is 5.75 Å². The number of benzene rings is 1. The number of aryl methyl sites for hydroxylation is 1. The molecule has 3 aromatic rings. The van der Waals surface area contributed by atoms with Gasteiger partial charge in [-0.25, -0.2) is 9.07 Å². The van der Waals surface area contributed by atoms with Gasteiger partial charge in [-0.15, -0.1) is 28.5 Å². The van der Waals surface area contributed by atoms with E-state index in [1.54, 1.807) is 0 Å². The van der Waals surface area contributed by atoms with Gasteiger partial charge < -0.3 is 15.4 Å². The number of nitrogens with zero attached hydrogens (tertiary/aromatic N) is 5. The first-order chi connectivity index (χ1) is 16.1. The number of hydrogen-bond acceptors (Lipinski definition) is 8. The average Bonchev–Trinajstić information content (AvgIpc) is 3.40. The molecule has 1 atom stereocenters. The normalized spacial score (nSPS) is 12.3.